The summed E-state index contributed by atoms with van der Waals surface area (Å²) in [5.74, 6) is 0. The van der Waals surface area contributed by atoms with Crippen molar-refractivity contribution in [2.45, 2.75) is 52.4 Å². The predicted molar refractivity (Wildman–Crippen MR) is 145 cm³/mol. The lowest BCUT2D eigenvalue weighted by Crippen LogP contribution is -2.21. The van der Waals surface area contributed by atoms with E-state index >= 15 is 0 Å². The molecule has 0 aliphatic heterocycles. The van der Waals surface area contributed by atoms with E-state index in [-0.39, 0.29) is 11.1 Å². The molecule has 0 bridgehead atoms. The summed E-state index contributed by atoms with van der Waals surface area (Å²) in [6, 6.07) is 13.5. The molecular weight excluding hydrogens is 418 g/mol. The van der Waals surface area contributed by atoms with Gasteiger partial charge in [0.25, 0.3) is 11.1 Å². The fourth-order valence-corrected chi connectivity index (χ4v) is 6.59. The Morgan fingerprint density at radius 2 is 1.03 bits per heavy atom. The van der Waals surface area contributed by atoms with Gasteiger partial charge in [-0.3, -0.25) is 14.2 Å². The molecule has 1 heterocycles. The van der Waals surface area contributed by atoms with Gasteiger partial charge in [-0.2, -0.15) is 0 Å². The van der Waals surface area contributed by atoms with Crippen LogP contribution in [-0.2, 0) is 19.9 Å². The average Bonchev–Trinajstić information content (AvgIpc) is 3.33. The van der Waals surface area contributed by atoms with Gasteiger partial charge < -0.3 is 0 Å². The van der Waals surface area contributed by atoms with E-state index in [0.717, 1.165) is 49.3 Å². The quantitative estimate of drug-likeness (QED) is 0.256. The Labute approximate surface area is 196 Å². The first-order chi connectivity index (χ1) is 16.6. The van der Waals surface area contributed by atoms with Gasteiger partial charge in [0.1, 0.15) is 0 Å². The van der Waals surface area contributed by atoms with Gasteiger partial charge in [-0.05, 0) is 103 Å². The van der Waals surface area contributed by atoms with Gasteiger partial charge in [0, 0.05) is 7.05 Å². The zero-order valence-electron chi connectivity index (χ0n) is 20.0. The van der Waals surface area contributed by atoms with E-state index < -0.39 is 0 Å². The van der Waals surface area contributed by atoms with Gasteiger partial charge >= 0.3 is 0 Å². The molecule has 168 valence electrons. The van der Waals surface area contributed by atoms with Crippen LogP contribution in [0.5, 0.6) is 0 Å². The Balaban J connectivity index is 1.85. The van der Waals surface area contributed by atoms with Crippen LogP contribution in [0.1, 0.15) is 50.7 Å². The molecule has 0 aliphatic rings. The zero-order chi connectivity index (χ0) is 23.3. The number of hydrogen-bond acceptors (Lipinski definition) is 2. The lowest BCUT2D eigenvalue weighted by atomic mass is 9.90. The summed E-state index contributed by atoms with van der Waals surface area (Å²) < 4.78 is 1.31. The van der Waals surface area contributed by atoms with Crippen molar-refractivity contribution in [3.8, 4) is 0 Å². The second kappa shape index (κ2) is 6.79. The molecule has 34 heavy (non-hydrogen) atoms. The van der Waals surface area contributed by atoms with Gasteiger partial charge in [-0.25, -0.2) is 0 Å². The summed E-state index contributed by atoms with van der Waals surface area (Å²) >= 11 is 0. The molecule has 0 fully saturated rings. The molecule has 7 rings (SSSR count). The summed E-state index contributed by atoms with van der Waals surface area (Å²) in [6.45, 7) is 4.43. The van der Waals surface area contributed by atoms with E-state index in [2.05, 4.69) is 50.2 Å². The van der Waals surface area contributed by atoms with Crippen molar-refractivity contribution < 1.29 is 0 Å². The maximum absolute atomic E-state index is 13.4. The third-order valence-corrected chi connectivity index (χ3v) is 8.23. The molecular formula is C31H27NO2. The standard InChI is InChI=1S/C31H27NO2/c1-4-6-8-17-14-21-26-24-19(17)12-10-16-11-13-20-18(9-7-5-2)15-22(27(26)25(20)23(16)24)29-28(21)30(33)32(3)31(29)34/h10-15H,4-9H2,1-3H3. The molecule has 3 heteroatoms. The molecule has 6 aromatic carbocycles. The van der Waals surface area contributed by atoms with E-state index in [0.29, 0.717) is 10.8 Å². The van der Waals surface area contributed by atoms with Crippen LogP contribution in [0.2, 0.25) is 0 Å². The number of hydrogen-bond donors (Lipinski definition) is 0. The average molecular weight is 446 g/mol. The highest BCUT2D eigenvalue weighted by Gasteiger charge is 2.27. The minimum atomic E-state index is -0.166. The number of benzene rings is 5. The molecule has 0 radical (unpaired) electrons. The summed E-state index contributed by atoms with van der Waals surface area (Å²) in [4.78, 5) is 26.9. The number of fused-ring (bicyclic) bond motifs is 3. The van der Waals surface area contributed by atoms with Crippen molar-refractivity contribution in [1.29, 1.82) is 0 Å². The number of aromatic nitrogens is 1. The fourth-order valence-electron chi connectivity index (χ4n) is 6.59. The molecule has 0 saturated carbocycles. The maximum atomic E-state index is 13.4. The predicted octanol–water partition coefficient (Wildman–Crippen LogP) is 7.10. The molecule has 7 aromatic rings. The third-order valence-electron chi connectivity index (χ3n) is 8.23. The molecule has 0 amide bonds. The lowest BCUT2D eigenvalue weighted by molar-refractivity contribution is 0.799. The number of nitrogens with zero attached hydrogens (tertiary/aromatic N) is 1. The topological polar surface area (TPSA) is 39.1 Å². The minimum Gasteiger partial charge on any atom is -0.277 e. The summed E-state index contributed by atoms with van der Waals surface area (Å²) in [5, 5.41) is 13.3. The highest BCUT2D eigenvalue weighted by Crippen LogP contribution is 2.51. The second-order valence-electron chi connectivity index (χ2n) is 10.1. The van der Waals surface area contributed by atoms with Crippen LogP contribution in [0.3, 0.4) is 0 Å². The highest BCUT2D eigenvalue weighted by molar-refractivity contribution is 6.48. The van der Waals surface area contributed by atoms with Crippen LogP contribution in [0.25, 0.3) is 64.6 Å². The Morgan fingerprint density at radius 3 is 1.47 bits per heavy atom. The van der Waals surface area contributed by atoms with Crippen LogP contribution in [0, 0.1) is 0 Å². The van der Waals surface area contributed by atoms with Crippen molar-refractivity contribution in [3.63, 3.8) is 0 Å². The van der Waals surface area contributed by atoms with Crippen molar-refractivity contribution in [1.82, 2.24) is 4.57 Å². The molecule has 0 unspecified atom stereocenters. The lowest BCUT2D eigenvalue weighted by Gasteiger charge is -2.12. The molecule has 0 aliphatic carbocycles. The van der Waals surface area contributed by atoms with E-state index in [1.807, 2.05) is 0 Å². The van der Waals surface area contributed by atoms with E-state index in [1.54, 1.807) is 7.05 Å². The molecule has 0 N–H and O–H groups in total. The number of rotatable bonds is 6. The van der Waals surface area contributed by atoms with Crippen molar-refractivity contribution in [2.24, 2.45) is 7.05 Å². The molecule has 1 aromatic heterocycles. The summed E-state index contributed by atoms with van der Waals surface area (Å²) in [5.41, 5.74) is 2.25. The van der Waals surface area contributed by atoms with E-state index in [9.17, 15) is 9.59 Å². The fraction of sp³-hybridized carbons (Fsp3) is 0.290. The minimum absolute atomic E-state index is 0.166. The number of unbranched alkanes of at least 4 members (excludes halogenated alkanes) is 2. The van der Waals surface area contributed by atoms with E-state index in [1.165, 1.54) is 58.8 Å². The highest BCUT2D eigenvalue weighted by atomic mass is 16.2. The molecule has 0 spiro atoms. The molecule has 0 saturated heterocycles. The van der Waals surface area contributed by atoms with Gasteiger partial charge in [-0.1, -0.05) is 51.0 Å². The van der Waals surface area contributed by atoms with Crippen molar-refractivity contribution in [3.05, 3.63) is 68.2 Å². The van der Waals surface area contributed by atoms with Gasteiger partial charge in [0.2, 0.25) is 0 Å². The Morgan fingerprint density at radius 1 is 0.588 bits per heavy atom. The first kappa shape index (κ1) is 20.0. The van der Waals surface area contributed by atoms with Crippen LogP contribution < -0.4 is 11.1 Å². The first-order valence-electron chi connectivity index (χ1n) is 12.7. The smallest absolute Gasteiger partial charge is 0.261 e. The van der Waals surface area contributed by atoms with Crippen LogP contribution in [0.15, 0.2) is 46.0 Å². The third kappa shape index (κ3) is 2.23. The van der Waals surface area contributed by atoms with E-state index in [4.69, 9.17) is 0 Å². The maximum Gasteiger partial charge on any atom is 0.261 e. The van der Waals surface area contributed by atoms with Crippen LogP contribution in [-0.4, -0.2) is 4.57 Å². The van der Waals surface area contributed by atoms with Crippen LogP contribution in [0.4, 0.5) is 0 Å². The van der Waals surface area contributed by atoms with Crippen molar-refractivity contribution in [2.75, 3.05) is 0 Å². The monoisotopic (exact) mass is 445 g/mol. The zero-order valence-corrected chi connectivity index (χ0v) is 20.0. The molecule has 0 atom stereocenters. The second-order valence-corrected chi connectivity index (χ2v) is 10.1. The Kier molecular flexibility index (Phi) is 3.98. The van der Waals surface area contributed by atoms with Gasteiger partial charge in [0.15, 0.2) is 0 Å². The summed E-state index contributed by atoms with van der Waals surface area (Å²) in [6.07, 6.45) is 6.41. The molecule has 3 nitrogen and oxygen atoms in total. The number of aryl methyl sites for hydroxylation is 2. The first-order valence-corrected chi connectivity index (χ1v) is 12.7. The summed E-state index contributed by atoms with van der Waals surface area (Å²) in [7, 11) is 1.62. The van der Waals surface area contributed by atoms with Gasteiger partial charge in [0.05, 0.1) is 10.8 Å². The SMILES string of the molecule is CCCCc1cc2c3c(=O)n(C)c(=O)c3c3cc(CCCC)c4ccc5ccc1c1c5c4c3c21. The normalized spacial score (nSPS) is 12.9. The van der Waals surface area contributed by atoms with Crippen LogP contribution >= 0.6 is 0 Å². The largest absolute Gasteiger partial charge is 0.277 e. The van der Waals surface area contributed by atoms with Crippen molar-refractivity contribution >= 4 is 64.6 Å². The Hall–Kier alpha value is -3.46. The Bertz CT molecular complexity index is 1840. The van der Waals surface area contributed by atoms with Gasteiger partial charge in [-0.15, -0.1) is 0 Å².